The predicted molar refractivity (Wildman–Crippen MR) is 62.0 cm³/mol. The molecule has 17 heavy (non-hydrogen) atoms. The number of nitrogens with zero attached hydrogens (tertiary/aromatic N) is 1. The van der Waals surface area contributed by atoms with E-state index in [1.807, 2.05) is 54.2 Å². The van der Waals surface area contributed by atoms with Gasteiger partial charge in [0, 0.05) is 6.07 Å². The SMILES string of the molecule is C[n+]1ccccc1NC(=O)c1ccccc1.[I-]. The maximum atomic E-state index is 11.8. The molecule has 0 aliphatic rings. The molecule has 1 aromatic carbocycles. The molecule has 0 fully saturated rings. The highest BCUT2D eigenvalue weighted by molar-refractivity contribution is 6.03. The number of aryl methyl sites for hydroxylation is 1. The number of anilines is 1. The van der Waals surface area contributed by atoms with Gasteiger partial charge in [0.25, 0.3) is 5.82 Å². The van der Waals surface area contributed by atoms with Crippen LogP contribution in [-0.4, -0.2) is 5.91 Å². The molecule has 0 aliphatic carbocycles. The number of aromatic nitrogens is 1. The minimum atomic E-state index is -0.0950. The molecule has 88 valence electrons. The molecule has 0 unspecified atom stereocenters. The van der Waals surface area contributed by atoms with E-state index in [0.717, 1.165) is 5.82 Å². The summed E-state index contributed by atoms with van der Waals surface area (Å²) in [6.07, 6.45) is 1.89. The maximum Gasteiger partial charge on any atom is 0.339 e. The Kier molecular flexibility index (Phi) is 5.09. The standard InChI is InChI=1S/C13H12N2O.HI/c1-15-10-6-5-9-12(15)14-13(16)11-7-3-2-4-8-11;/h2-10H,1H3;1H. The summed E-state index contributed by atoms with van der Waals surface area (Å²) < 4.78 is 1.86. The normalized spacial score (nSPS) is 9.24. The number of carbonyl (C=O) groups is 1. The molecule has 1 heterocycles. The number of hydrogen-bond acceptors (Lipinski definition) is 1. The smallest absolute Gasteiger partial charge is 0.339 e. The third kappa shape index (κ3) is 3.52. The number of nitrogens with one attached hydrogen (secondary N) is 1. The van der Waals surface area contributed by atoms with Crippen molar-refractivity contribution in [2.75, 3.05) is 5.32 Å². The Bertz CT molecular complexity index is 500. The molecule has 0 saturated carbocycles. The van der Waals surface area contributed by atoms with Gasteiger partial charge in [0.2, 0.25) is 0 Å². The van der Waals surface area contributed by atoms with Crippen LogP contribution in [0.2, 0.25) is 0 Å². The average Bonchev–Trinajstić information content (AvgIpc) is 2.33. The topological polar surface area (TPSA) is 33.0 Å². The molecule has 0 radical (unpaired) electrons. The van der Waals surface area contributed by atoms with Gasteiger partial charge in [-0.1, -0.05) is 24.3 Å². The first-order valence-corrected chi connectivity index (χ1v) is 5.08. The molecule has 0 atom stereocenters. The number of hydrogen-bond donors (Lipinski definition) is 1. The lowest BCUT2D eigenvalue weighted by atomic mass is 10.2. The highest BCUT2D eigenvalue weighted by Gasteiger charge is 2.12. The molecule has 1 amide bonds. The fraction of sp³-hybridized carbons (Fsp3) is 0.0769. The Balaban J connectivity index is 0.00000144. The summed E-state index contributed by atoms with van der Waals surface area (Å²) in [5.74, 6) is 0.679. The van der Waals surface area contributed by atoms with Crippen molar-refractivity contribution < 1.29 is 33.3 Å². The molecular formula is C13H13IN2O. The van der Waals surface area contributed by atoms with Crippen molar-refractivity contribution in [1.82, 2.24) is 0 Å². The van der Waals surface area contributed by atoms with Crippen LogP contribution in [0.25, 0.3) is 0 Å². The molecule has 0 saturated heterocycles. The van der Waals surface area contributed by atoms with Crippen LogP contribution in [0.1, 0.15) is 10.4 Å². The predicted octanol–water partition coefficient (Wildman–Crippen LogP) is -1.23. The quantitative estimate of drug-likeness (QED) is 0.539. The monoisotopic (exact) mass is 340 g/mol. The lowest BCUT2D eigenvalue weighted by molar-refractivity contribution is -0.656. The van der Waals surface area contributed by atoms with Gasteiger partial charge in [-0.2, -0.15) is 0 Å². The molecule has 0 aliphatic heterocycles. The highest BCUT2D eigenvalue weighted by atomic mass is 127. The van der Waals surface area contributed by atoms with Crippen LogP contribution in [0.3, 0.4) is 0 Å². The zero-order valence-corrected chi connectivity index (χ0v) is 11.6. The second-order valence-corrected chi connectivity index (χ2v) is 3.52. The van der Waals surface area contributed by atoms with Crippen molar-refractivity contribution in [3.05, 3.63) is 60.3 Å². The van der Waals surface area contributed by atoms with Crippen LogP contribution in [0, 0.1) is 0 Å². The fourth-order valence-electron chi connectivity index (χ4n) is 1.43. The van der Waals surface area contributed by atoms with Crippen LogP contribution in [0.4, 0.5) is 5.82 Å². The van der Waals surface area contributed by atoms with E-state index in [9.17, 15) is 4.79 Å². The van der Waals surface area contributed by atoms with Gasteiger partial charge in [-0.15, -0.1) is 0 Å². The zero-order chi connectivity index (χ0) is 11.4. The van der Waals surface area contributed by atoms with Crippen LogP contribution in [-0.2, 0) is 7.05 Å². The third-order valence-electron chi connectivity index (χ3n) is 2.33. The Hall–Kier alpha value is -1.43. The van der Waals surface area contributed by atoms with Crippen molar-refractivity contribution in [3.8, 4) is 0 Å². The summed E-state index contributed by atoms with van der Waals surface area (Å²) >= 11 is 0. The second kappa shape index (κ2) is 6.34. The van der Waals surface area contributed by atoms with Crippen molar-refractivity contribution in [1.29, 1.82) is 0 Å². The second-order valence-electron chi connectivity index (χ2n) is 3.52. The lowest BCUT2D eigenvalue weighted by Gasteiger charge is -2.01. The minimum Gasteiger partial charge on any atom is -1.00 e. The van der Waals surface area contributed by atoms with E-state index in [4.69, 9.17) is 0 Å². The van der Waals surface area contributed by atoms with Crippen molar-refractivity contribution in [3.63, 3.8) is 0 Å². The van der Waals surface area contributed by atoms with E-state index in [-0.39, 0.29) is 29.9 Å². The summed E-state index contributed by atoms with van der Waals surface area (Å²) in [4.78, 5) is 11.8. The third-order valence-corrected chi connectivity index (χ3v) is 2.33. The number of halogens is 1. The molecule has 2 rings (SSSR count). The molecule has 4 heteroatoms. The Labute approximate surface area is 118 Å². The van der Waals surface area contributed by atoms with Gasteiger partial charge in [0.15, 0.2) is 0 Å². The zero-order valence-electron chi connectivity index (χ0n) is 9.43. The van der Waals surface area contributed by atoms with Gasteiger partial charge in [0.1, 0.15) is 0 Å². The Morgan fingerprint density at radius 2 is 1.71 bits per heavy atom. The van der Waals surface area contributed by atoms with E-state index in [1.54, 1.807) is 12.1 Å². The molecular weight excluding hydrogens is 327 g/mol. The number of benzene rings is 1. The first kappa shape index (κ1) is 13.6. The van der Waals surface area contributed by atoms with Crippen LogP contribution >= 0.6 is 0 Å². The first-order valence-electron chi connectivity index (χ1n) is 5.08. The van der Waals surface area contributed by atoms with Crippen LogP contribution < -0.4 is 33.9 Å². The molecule has 3 nitrogen and oxygen atoms in total. The summed E-state index contributed by atoms with van der Waals surface area (Å²) in [7, 11) is 1.89. The molecule has 1 aromatic heterocycles. The molecule has 0 bridgehead atoms. The average molecular weight is 340 g/mol. The Morgan fingerprint density at radius 3 is 2.35 bits per heavy atom. The molecule has 2 aromatic rings. The summed E-state index contributed by atoms with van der Waals surface area (Å²) in [5.41, 5.74) is 0.659. The number of rotatable bonds is 2. The minimum absolute atomic E-state index is 0. The van der Waals surface area contributed by atoms with E-state index in [0.29, 0.717) is 5.56 Å². The van der Waals surface area contributed by atoms with Gasteiger partial charge in [-0.25, -0.2) is 14.7 Å². The van der Waals surface area contributed by atoms with Crippen LogP contribution in [0.5, 0.6) is 0 Å². The van der Waals surface area contributed by atoms with Gasteiger partial charge in [0.05, 0.1) is 18.8 Å². The van der Waals surface area contributed by atoms with E-state index in [2.05, 4.69) is 5.32 Å². The molecule has 0 spiro atoms. The largest absolute Gasteiger partial charge is 1.00 e. The Morgan fingerprint density at radius 1 is 1.06 bits per heavy atom. The van der Waals surface area contributed by atoms with Crippen molar-refractivity contribution in [2.45, 2.75) is 0 Å². The summed E-state index contributed by atoms with van der Waals surface area (Å²) in [5, 5.41) is 2.85. The maximum absolute atomic E-state index is 11.8. The van der Waals surface area contributed by atoms with Gasteiger partial charge in [-0.3, -0.25) is 0 Å². The first-order chi connectivity index (χ1) is 7.77. The fourth-order valence-corrected chi connectivity index (χ4v) is 1.43. The van der Waals surface area contributed by atoms with Gasteiger partial charge in [-0.05, 0) is 18.2 Å². The van der Waals surface area contributed by atoms with Gasteiger partial charge >= 0.3 is 5.91 Å². The van der Waals surface area contributed by atoms with Crippen LogP contribution in [0.15, 0.2) is 54.7 Å². The van der Waals surface area contributed by atoms with Crippen molar-refractivity contribution >= 4 is 11.7 Å². The number of carbonyl (C=O) groups excluding carboxylic acids is 1. The molecule has 1 N–H and O–H groups in total. The van der Waals surface area contributed by atoms with E-state index < -0.39 is 0 Å². The number of amides is 1. The highest BCUT2D eigenvalue weighted by Crippen LogP contribution is 2.03. The van der Waals surface area contributed by atoms with Crippen molar-refractivity contribution in [2.24, 2.45) is 7.05 Å². The summed E-state index contributed by atoms with van der Waals surface area (Å²) in [6.45, 7) is 0. The summed E-state index contributed by atoms with van der Waals surface area (Å²) in [6, 6.07) is 14.8. The number of pyridine rings is 1. The lowest BCUT2D eigenvalue weighted by Crippen LogP contribution is -3.00. The van der Waals surface area contributed by atoms with Gasteiger partial charge < -0.3 is 24.0 Å². The van der Waals surface area contributed by atoms with E-state index >= 15 is 0 Å². The van der Waals surface area contributed by atoms with E-state index in [1.165, 1.54) is 0 Å².